The zero-order valence-corrected chi connectivity index (χ0v) is 56.4. The summed E-state index contributed by atoms with van der Waals surface area (Å²) < 4.78 is 4.97. The summed E-state index contributed by atoms with van der Waals surface area (Å²) in [6.07, 6.45) is 0. The second kappa shape index (κ2) is 24.1. The number of thiophene rings is 2. The van der Waals surface area contributed by atoms with Crippen molar-refractivity contribution in [1.29, 1.82) is 0 Å². The Balaban J connectivity index is 0.792. The van der Waals surface area contributed by atoms with E-state index in [4.69, 9.17) is 0 Å². The van der Waals surface area contributed by atoms with Gasteiger partial charge in [-0.15, -0.1) is 22.7 Å². The number of nitrogens with zero attached hydrogens (tertiary/aromatic N) is 4. The van der Waals surface area contributed by atoms with Gasteiger partial charge in [-0.2, -0.15) is 0 Å². The normalized spacial score (nSPS) is 11.7. The Kier molecular flexibility index (Phi) is 14.5. The molecule has 466 valence electrons. The van der Waals surface area contributed by atoms with E-state index in [0.717, 1.165) is 79.4 Å². The summed E-state index contributed by atoms with van der Waals surface area (Å²) in [5.41, 5.74) is 20.5. The van der Waals surface area contributed by atoms with Crippen LogP contribution in [0.1, 0.15) is 22.3 Å². The summed E-state index contributed by atoms with van der Waals surface area (Å²) in [5.74, 6) is 0. The van der Waals surface area contributed by atoms with E-state index in [-0.39, 0.29) is 0 Å². The summed E-state index contributed by atoms with van der Waals surface area (Å²) in [6, 6.07) is 122. The van der Waals surface area contributed by atoms with Gasteiger partial charge in [0, 0.05) is 107 Å². The molecule has 0 unspecified atom stereocenters. The highest BCUT2D eigenvalue weighted by molar-refractivity contribution is 7.26. The van der Waals surface area contributed by atoms with Crippen LogP contribution in [0.15, 0.2) is 328 Å². The van der Waals surface area contributed by atoms with Gasteiger partial charge in [-0.1, -0.05) is 217 Å². The third-order valence-corrected chi connectivity index (χ3v) is 21.7. The molecule has 18 aromatic rings. The number of benzene rings is 16. The minimum atomic E-state index is 1.07. The van der Waals surface area contributed by atoms with Gasteiger partial charge in [0.15, 0.2) is 0 Å². The third kappa shape index (κ3) is 10.1. The number of rotatable bonds is 13. The van der Waals surface area contributed by atoms with Gasteiger partial charge >= 0.3 is 0 Å². The Labute approximate surface area is 578 Å². The summed E-state index contributed by atoms with van der Waals surface area (Å²) in [5, 5.41) is 14.9. The number of anilines is 12. The molecule has 2 heterocycles. The van der Waals surface area contributed by atoms with Crippen LogP contribution in [0.2, 0.25) is 0 Å². The first-order chi connectivity index (χ1) is 48.2. The van der Waals surface area contributed by atoms with Crippen LogP contribution in [0.3, 0.4) is 0 Å². The lowest BCUT2D eigenvalue weighted by Crippen LogP contribution is -2.11. The molecule has 0 saturated heterocycles. The van der Waals surface area contributed by atoms with Crippen molar-refractivity contribution in [2.45, 2.75) is 27.7 Å². The van der Waals surface area contributed by atoms with Gasteiger partial charge in [0.2, 0.25) is 0 Å². The first-order valence-electron chi connectivity index (χ1n) is 33.6. The van der Waals surface area contributed by atoms with E-state index in [1.54, 1.807) is 0 Å². The van der Waals surface area contributed by atoms with Crippen LogP contribution in [0.25, 0.3) is 94.6 Å². The van der Waals surface area contributed by atoms with Crippen LogP contribution in [-0.2, 0) is 0 Å². The second-order valence-electron chi connectivity index (χ2n) is 25.9. The molecule has 0 N–H and O–H groups in total. The predicted octanol–water partition coefficient (Wildman–Crippen LogP) is 27.8. The lowest BCUT2D eigenvalue weighted by Gasteiger charge is -2.29. The van der Waals surface area contributed by atoms with Crippen LogP contribution in [0.5, 0.6) is 0 Å². The first kappa shape index (κ1) is 58.8. The van der Waals surface area contributed by atoms with E-state index in [1.165, 1.54) is 106 Å². The fraction of sp³-hybridized carbons (Fsp3) is 0.0435. The van der Waals surface area contributed by atoms with Crippen molar-refractivity contribution in [1.82, 2.24) is 0 Å². The quantitative estimate of drug-likeness (QED) is 0.114. The van der Waals surface area contributed by atoms with Crippen molar-refractivity contribution in [2.24, 2.45) is 0 Å². The molecule has 98 heavy (non-hydrogen) atoms. The Morgan fingerprint density at radius 1 is 0.184 bits per heavy atom. The first-order valence-corrected chi connectivity index (χ1v) is 35.3. The molecule has 0 aliphatic heterocycles. The highest BCUT2D eigenvalue weighted by Gasteiger charge is 2.27. The summed E-state index contributed by atoms with van der Waals surface area (Å²) in [7, 11) is 0. The van der Waals surface area contributed by atoms with Gasteiger partial charge in [-0.25, -0.2) is 0 Å². The maximum Gasteiger partial charge on any atom is 0.0554 e. The molecule has 0 amide bonds. The van der Waals surface area contributed by atoms with E-state index in [2.05, 4.69) is 375 Å². The smallest absolute Gasteiger partial charge is 0.0554 e. The highest BCUT2D eigenvalue weighted by atomic mass is 32.1. The lowest BCUT2D eigenvalue weighted by molar-refractivity contribution is 1.28. The van der Waals surface area contributed by atoms with Gasteiger partial charge in [0.25, 0.3) is 0 Å². The van der Waals surface area contributed by atoms with Gasteiger partial charge in [-0.3, -0.25) is 0 Å². The molecule has 6 heteroatoms. The van der Waals surface area contributed by atoms with Crippen LogP contribution in [-0.4, -0.2) is 0 Å². The molecule has 0 atom stereocenters. The van der Waals surface area contributed by atoms with E-state index >= 15 is 0 Å². The lowest BCUT2D eigenvalue weighted by atomic mass is 9.96. The minimum absolute atomic E-state index is 1.07. The Morgan fingerprint density at radius 2 is 0.429 bits per heavy atom. The van der Waals surface area contributed by atoms with E-state index in [0.29, 0.717) is 0 Å². The van der Waals surface area contributed by atoms with Crippen molar-refractivity contribution in [3.8, 4) is 11.1 Å². The van der Waals surface area contributed by atoms with E-state index < -0.39 is 0 Å². The maximum atomic E-state index is 2.49. The minimum Gasteiger partial charge on any atom is -0.310 e. The number of para-hydroxylation sites is 2. The maximum absolute atomic E-state index is 2.49. The molecule has 18 rings (SSSR count). The van der Waals surface area contributed by atoms with Gasteiger partial charge in [0.05, 0.1) is 22.7 Å². The summed E-state index contributed by atoms with van der Waals surface area (Å²) in [4.78, 5) is 9.83. The monoisotopic (exact) mass is 1290 g/mol. The topological polar surface area (TPSA) is 13.0 Å². The molecule has 0 spiro atoms. The molecule has 16 aromatic carbocycles. The van der Waals surface area contributed by atoms with E-state index in [1.807, 2.05) is 22.7 Å². The molecule has 2 aromatic heterocycles. The van der Waals surface area contributed by atoms with Gasteiger partial charge in [-0.05, 0) is 193 Å². The van der Waals surface area contributed by atoms with Gasteiger partial charge in [0.1, 0.15) is 0 Å². The van der Waals surface area contributed by atoms with Crippen LogP contribution >= 0.6 is 22.7 Å². The highest BCUT2D eigenvalue weighted by Crippen LogP contribution is 2.54. The largest absolute Gasteiger partial charge is 0.310 e. The standard InChI is InChI=1S/C92H66N4S2/c1-59-43-47-67(48-44-59)93(65-27-7-5-8-28-65)81-55-85-89(77-39-15-11-35-73(77)81)91-79-41-17-13-37-75(79)83(57-87(91)97-85)95(68-49-45-60(2)46-50-68)71-33-21-25-63(53-71)64-26-22-34-72(54-64)96(70-32-20-24-62(4)52-70)84-58-88-92(80-42-18-14-38-76(80)84)90-78-40-16-12-36-74(78)82(56-86(90)98-88)94(66-29-9-6-10-30-66)69-31-19-23-61(3)51-69/h5-58H,1-4H3. The Bertz CT molecular complexity index is 6130. The second-order valence-corrected chi connectivity index (χ2v) is 28.1. The van der Waals surface area contributed by atoms with E-state index in [9.17, 15) is 0 Å². The number of aryl methyl sites for hydroxylation is 4. The molecule has 0 aliphatic rings. The number of hydrogen-bond donors (Lipinski definition) is 0. The Morgan fingerprint density at radius 3 is 0.745 bits per heavy atom. The average Bonchev–Trinajstić information content (AvgIpc) is 1.52. The predicted molar refractivity (Wildman–Crippen MR) is 425 cm³/mol. The Hall–Kier alpha value is -11.8. The molecule has 0 saturated carbocycles. The molecule has 0 fully saturated rings. The SMILES string of the molecule is Cc1ccc(N(c2ccccc2)c2cc3sc4cc(N(c5ccc(C)cc5)c5cccc(-c6cccc(N(c7cccc(C)c7)c7cc8sc9cc(N(c%10ccccc%10)c%10cccc(C)c%10)c%10ccccc%10c9c8c8ccccc78)c6)c5)c5ccccc5c4c3c3ccccc23)cc1. The van der Waals surface area contributed by atoms with Gasteiger partial charge < -0.3 is 19.6 Å². The van der Waals surface area contributed by atoms with Crippen molar-refractivity contribution >= 4 is 174 Å². The zero-order chi connectivity index (χ0) is 65.5. The number of hydrogen-bond acceptors (Lipinski definition) is 6. The zero-order valence-electron chi connectivity index (χ0n) is 54.8. The molecular formula is C92H66N4S2. The van der Waals surface area contributed by atoms with Crippen molar-refractivity contribution in [2.75, 3.05) is 19.6 Å². The van der Waals surface area contributed by atoms with Crippen LogP contribution in [0, 0.1) is 27.7 Å². The van der Waals surface area contributed by atoms with Crippen molar-refractivity contribution in [3.63, 3.8) is 0 Å². The summed E-state index contributed by atoms with van der Waals surface area (Å²) >= 11 is 3.77. The van der Waals surface area contributed by atoms with Crippen LogP contribution < -0.4 is 19.6 Å². The van der Waals surface area contributed by atoms with Crippen molar-refractivity contribution < 1.29 is 0 Å². The third-order valence-electron chi connectivity index (χ3n) is 19.5. The van der Waals surface area contributed by atoms with Crippen LogP contribution in [0.4, 0.5) is 68.2 Å². The molecule has 0 bridgehead atoms. The average molecular weight is 1290 g/mol. The molecular weight excluding hydrogens is 1230 g/mol. The summed E-state index contributed by atoms with van der Waals surface area (Å²) in [6.45, 7) is 8.70. The molecule has 4 nitrogen and oxygen atoms in total. The fourth-order valence-corrected chi connectivity index (χ4v) is 17.5. The van der Waals surface area contributed by atoms with Crippen molar-refractivity contribution in [3.05, 3.63) is 350 Å². The molecule has 0 aliphatic carbocycles. The fourth-order valence-electron chi connectivity index (χ4n) is 15.1. The number of fused-ring (bicyclic) bond motifs is 14. The molecule has 0 radical (unpaired) electrons.